The number of halogens is 1. The van der Waals surface area contributed by atoms with Crippen LogP contribution in [0.3, 0.4) is 0 Å². The molecule has 4 N–H and O–H groups in total. The number of para-hydroxylation sites is 1. The zero-order chi connectivity index (χ0) is 12.4. The van der Waals surface area contributed by atoms with Crippen LogP contribution in [0, 0.1) is 0 Å². The highest BCUT2D eigenvalue weighted by Gasteiger charge is 2.10. The highest BCUT2D eigenvalue weighted by atomic mass is 35.5. The molecule has 0 aliphatic rings. The van der Waals surface area contributed by atoms with Crippen molar-refractivity contribution in [1.29, 1.82) is 0 Å². The van der Waals surface area contributed by atoms with Crippen molar-refractivity contribution < 1.29 is 4.79 Å². The Morgan fingerprint density at radius 3 is 2.94 bits per heavy atom. The molecule has 0 saturated heterocycles. The summed E-state index contributed by atoms with van der Waals surface area (Å²) in [4.78, 5) is 14.9. The van der Waals surface area contributed by atoms with Crippen LogP contribution in [-0.4, -0.2) is 15.5 Å². The van der Waals surface area contributed by atoms with Crippen LogP contribution in [0.25, 0.3) is 11.0 Å². The molecule has 0 saturated carbocycles. The van der Waals surface area contributed by atoms with Crippen molar-refractivity contribution in [1.82, 2.24) is 9.55 Å². The third kappa shape index (κ3) is 2.34. The van der Waals surface area contributed by atoms with Crippen molar-refractivity contribution in [3.8, 4) is 0 Å². The Morgan fingerprint density at radius 2 is 2.24 bits per heavy atom. The van der Waals surface area contributed by atoms with Gasteiger partial charge in [-0.25, -0.2) is 4.98 Å². The molecule has 6 heteroatoms. The van der Waals surface area contributed by atoms with Crippen molar-refractivity contribution in [2.75, 3.05) is 5.73 Å². The van der Waals surface area contributed by atoms with Crippen molar-refractivity contribution in [3.63, 3.8) is 0 Å². The Balaban J connectivity index is 2.30. The Bertz CT molecular complexity index is 564. The lowest BCUT2D eigenvalue weighted by atomic mass is 10.3. The van der Waals surface area contributed by atoms with Crippen LogP contribution in [0.4, 0.5) is 5.95 Å². The Kier molecular flexibility index (Phi) is 3.19. The first-order valence-corrected chi connectivity index (χ1v) is 5.66. The molecule has 0 atom stereocenters. The maximum atomic E-state index is 10.7. The van der Waals surface area contributed by atoms with Gasteiger partial charge in [-0.2, -0.15) is 0 Å². The monoisotopic (exact) mass is 252 g/mol. The normalized spacial score (nSPS) is 10.9. The molecule has 17 heavy (non-hydrogen) atoms. The summed E-state index contributed by atoms with van der Waals surface area (Å²) < 4.78 is 1.84. The predicted molar refractivity (Wildman–Crippen MR) is 67.6 cm³/mol. The number of amides is 1. The van der Waals surface area contributed by atoms with E-state index in [0.29, 0.717) is 35.9 Å². The van der Waals surface area contributed by atoms with Crippen LogP contribution in [0.5, 0.6) is 0 Å². The number of nitrogen functional groups attached to an aromatic ring is 1. The van der Waals surface area contributed by atoms with E-state index < -0.39 is 0 Å². The smallest absolute Gasteiger partial charge is 0.217 e. The molecule has 0 unspecified atom stereocenters. The Labute approximate surface area is 103 Å². The van der Waals surface area contributed by atoms with Crippen LogP contribution in [-0.2, 0) is 11.3 Å². The number of carbonyl (C=O) groups is 1. The fourth-order valence-electron chi connectivity index (χ4n) is 1.78. The quantitative estimate of drug-likeness (QED) is 0.865. The first-order valence-electron chi connectivity index (χ1n) is 5.28. The summed E-state index contributed by atoms with van der Waals surface area (Å²) in [5.41, 5.74) is 12.5. The molecule has 5 nitrogen and oxygen atoms in total. The van der Waals surface area contributed by atoms with E-state index >= 15 is 0 Å². The number of nitrogens with zero attached hydrogens (tertiary/aromatic N) is 2. The van der Waals surface area contributed by atoms with Crippen LogP contribution in [0.15, 0.2) is 18.2 Å². The summed E-state index contributed by atoms with van der Waals surface area (Å²) in [6.07, 6.45) is 0.969. The van der Waals surface area contributed by atoms with Crippen LogP contribution < -0.4 is 11.5 Å². The van der Waals surface area contributed by atoms with Crippen molar-refractivity contribution in [2.24, 2.45) is 5.73 Å². The Hall–Kier alpha value is -1.75. The van der Waals surface area contributed by atoms with Gasteiger partial charge >= 0.3 is 0 Å². The van der Waals surface area contributed by atoms with Crippen LogP contribution in [0.2, 0.25) is 5.02 Å². The molecule has 0 bridgehead atoms. The van der Waals surface area contributed by atoms with Gasteiger partial charge in [-0.15, -0.1) is 0 Å². The standard InChI is InChI=1S/C11H13ClN4O/c12-7-3-1-4-8-10(7)15-11(14)16(8)6-2-5-9(13)17/h1,3-4H,2,5-6H2,(H2,13,17)(H2,14,15). The number of primary amides is 1. The average Bonchev–Trinajstić information content (AvgIpc) is 2.57. The number of benzene rings is 1. The number of anilines is 1. The van der Waals surface area contributed by atoms with Gasteiger partial charge < -0.3 is 16.0 Å². The van der Waals surface area contributed by atoms with Crippen LogP contribution in [0.1, 0.15) is 12.8 Å². The summed E-state index contributed by atoms with van der Waals surface area (Å²) in [6, 6.07) is 5.51. The molecule has 2 aromatic rings. The summed E-state index contributed by atoms with van der Waals surface area (Å²) in [5, 5.41) is 0.572. The highest BCUT2D eigenvalue weighted by molar-refractivity contribution is 6.35. The van der Waals surface area contributed by atoms with E-state index in [2.05, 4.69) is 4.98 Å². The van der Waals surface area contributed by atoms with E-state index in [4.69, 9.17) is 23.1 Å². The molecule has 0 spiro atoms. The number of carbonyl (C=O) groups excluding carboxylic acids is 1. The topological polar surface area (TPSA) is 86.9 Å². The highest BCUT2D eigenvalue weighted by Crippen LogP contribution is 2.25. The SMILES string of the molecule is NC(=O)CCCn1c(N)nc2c(Cl)cccc21. The number of imidazole rings is 1. The molecule has 1 amide bonds. The van der Waals surface area contributed by atoms with E-state index in [1.54, 1.807) is 6.07 Å². The van der Waals surface area contributed by atoms with Crippen molar-refractivity contribution >= 4 is 34.5 Å². The van der Waals surface area contributed by atoms with Crippen LogP contribution >= 0.6 is 11.6 Å². The van der Waals surface area contributed by atoms with Gasteiger partial charge in [-0.05, 0) is 18.6 Å². The van der Waals surface area contributed by atoms with Gasteiger partial charge in [-0.1, -0.05) is 17.7 Å². The molecule has 1 aromatic carbocycles. The third-order valence-electron chi connectivity index (χ3n) is 2.56. The first kappa shape index (κ1) is 11.7. The first-order chi connectivity index (χ1) is 8.09. The number of hydrogen-bond acceptors (Lipinski definition) is 3. The molecule has 1 aromatic heterocycles. The minimum Gasteiger partial charge on any atom is -0.370 e. The minimum absolute atomic E-state index is 0.314. The number of rotatable bonds is 4. The second-order valence-corrected chi connectivity index (χ2v) is 4.21. The van der Waals surface area contributed by atoms with Gasteiger partial charge in [-0.3, -0.25) is 4.79 Å². The van der Waals surface area contributed by atoms with Gasteiger partial charge in [0.05, 0.1) is 10.5 Å². The van der Waals surface area contributed by atoms with Gasteiger partial charge in [0.25, 0.3) is 0 Å². The third-order valence-corrected chi connectivity index (χ3v) is 2.87. The number of nitrogens with two attached hydrogens (primary N) is 2. The molecule has 90 valence electrons. The maximum absolute atomic E-state index is 10.7. The van der Waals surface area contributed by atoms with E-state index in [-0.39, 0.29) is 5.91 Å². The largest absolute Gasteiger partial charge is 0.370 e. The second-order valence-electron chi connectivity index (χ2n) is 3.80. The lowest BCUT2D eigenvalue weighted by molar-refractivity contribution is -0.118. The van der Waals surface area contributed by atoms with Crippen molar-refractivity contribution in [3.05, 3.63) is 23.2 Å². The van der Waals surface area contributed by atoms with E-state index in [9.17, 15) is 4.79 Å². The molecule has 0 radical (unpaired) electrons. The fraction of sp³-hybridized carbons (Fsp3) is 0.273. The van der Waals surface area contributed by atoms with Gasteiger partial charge in [0.1, 0.15) is 5.52 Å². The lowest BCUT2D eigenvalue weighted by Crippen LogP contribution is -2.12. The van der Waals surface area contributed by atoms with Crippen molar-refractivity contribution in [2.45, 2.75) is 19.4 Å². The molecule has 2 rings (SSSR count). The molecule has 0 fully saturated rings. The molecule has 1 heterocycles. The van der Waals surface area contributed by atoms with Gasteiger partial charge in [0.2, 0.25) is 11.9 Å². The lowest BCUT2D eigenvalue weighted by Gasteiger charge is -2.05. The molecular formula is C11H13ClN4O. The Morgan fingerprint density at radius 1 is 1.47 bits per heavy atom. The zero-order valence-electron chi connectivity index (χ0n) is 9.19. The second kappa shape index (κ2) is 4.63. The predicted octanol–water partition coefficient (Wildman–Crippen LogP) is 1.54. The van der Waals surface area contributed by atoms with E-state index in [0.717, 1.165) is 5.52 Å². The van der Waals surface area contributed by atoms with Gasteiger partial charge in [0.15, 0.2) is 0 Å². The zero-order valence-corrected chi connectivity index (χ0v) is 9.94. The summed E-state index contributed by atoms with van der Waals surface area (Å²) in [7, 11) is 0. The summed E-state index contributed by atoms with van der Waals surface area (Å²) in [6.45, 7) is 0.603. The maximum Gasteiger partial charge on any atom is 0.217 e. The molecule has 0 aliphatic heterocycles. The average molecular weight is 253 g/mol. The molecular weight excluding hydrogens is 240 g/mol. The minimum atomic E-state index is -0.314. The fourth-order valence-corrected chi connectivity index (χ4v) is 1.99. The van der Waals surface area contributed by atoms with E-state index in [1.165, 1.54) is 0 Å². The number of aryl methyl sites for hydroxylation is 1. The molecule has 0 aliphatic carbocycles. The number of fused-ring (bicyclic) bond motifs is 1. The number of aromatic nitrogens is 2. The van der Waals surface area contributed by atoms with E-state index in [1.807, 2.05) is 16.7 Å². The summed E-state index contributed by atoms with van der Waals surface area (Å²) in [5.74, 6) is 0.0867. The number of hydrogen-bond donors (Lipinski definition) is 2. The van der Waals surface area contributed by atoms with Gasteiger partial charge in [0, 0.05) is 13.0 Å². The summed E-state index contributed by atoms with van der Waals surface area (Å²) >= 11 is 6.02.